The Kier molecular flexibility index (Phi) is 4.63. The van der Waals surface area contributed by atoms with Crippen LogP contribution in [0.25, 0.3) is 0 Å². The molecule has 1 aliphatic carbocycles. The molecule has 2 aliphatic rings. The summed E-state index contributed by atoms with van der Waals surface area (Å²) >= 11 is 1.77. The summed E-state index contributed by atoms with van der Waals surface area (Å²) in [5, 5.41) is 6.19. The lowest BCUT2D eigenvalue weighted by Gasteiger charge is -2.22. The van der Waals surface area contributed by atoms with Crippen LogP contribution in [0.5, 0.6) is 0 Å². The first-order valence-electron chi connectivity index (χ1n) is 7.55. The Labute approximate surface area is 124 Å². The van der Waals surface area contributed by atoms with Crippen molar-refractivity contribution in [1.82, 2.24) is 5.32 Å². The fraction of sp³-hybridized carbons (Fsp3) is 0.562. The lowest BCUT2D eigenvalue weighted by Crippen LogP contribution is -2.37. The maximum Gasteiger partial charge on any atom is 0.242 e. The van der Waals surface area contributed by atoms with E-state index in [-0.39, 0.29) is 11.9 Å². The molecule has 0 bridgehead atoms. The molecule has 4 heteroatoms. The highest BCUT2D eigenvalue weighted by Gasteiger charge is 2.22. The van der Waals surface area contributed by atoms with Crippen LogP contribution in [0.1, 0.15) is 43.6 Å². The van der Waals surface area contributed by atoms with Gasteiger partial charge in [-0.25, -0.2) is 0 Å². The molecule has 1 aromatic carbocycles. The minimum Gasteiger partial charge on any atom is -0.325 e. The summed E-state index contributed by atoms with van der Waals surface area (Å²) in [5.41, 5.74) is 2.34. The van der Waals surface area contributed by atoms with Crippen molar-refractivity contribution in [3.63, 3.8) is 0 Å². The van der Waals surface area contributed by atoms with Crippen molar-refractivity contribution < 1.29 is 4.79 Å². The summed E-state index contributed by atoms with van der Waals surface area (Å²) in [7, 11) is 0. The zero-order chi connectivity index (χ0) is 13.8. The quantitative estimate of drug-likeness (QED) is 0.897. The van der Waals surface area contributed by atoms with Crippen LogP contribution in [0.4, 0.5) is 5.69 Å². The van der Waals surface area contributed by atoms with E-state index < -0.39 is 0 Å². The summed E-state index contributed by atoms with van der Waals surface area (Å²) in [6, 6.07) is 8.41. The number of nitrogens with one attached hydrogen (secondary N) is 2. The van der Waals surface area contributed by atoms with Crippen LogP contribution < -0.4 is 10.6 Å². The van der Waals surface area contributed by atoms with Crippen LogP contribution in [0, 0.1) is 0 Å². The number of amides is 1. The number of thioether (sulfide) groups is 1. The molecule has 1 unspecified atom stereocenters. The van der Waals surface area contributed by atoms with Crippen molar-refractivity contribution in [3.8, 4) is 0 Å². The molecule has 3 nitrogen and oxygen atoms in total. The van der Waals surface area contributed by atoms with Crippen LogP contribution in [0.3, 0.4) is 0 Å². The Hall–Kier alpha value is -1.00. The van der Waals surface area contributed by atoms with Crippen LogP contribution in [0.15, 0.2) is 24.3 Å². The lowest BCUT2D eigenvalue weighted by atomic mass is 9.84. The molecule has 1 amide bonds. The molecule has 0 spiro atoms. The molecule has 1 heterocycles. The fourth-order valence-corrected chi connectivity index (χ4v) is 4.01. The molecule has 0 radical (unpaired) electrons. The maximum absolute atomic E-state index is 12.0. The van der Waals surface area contributed by atoms with Gasteiger partial charge < -0.3 is 5.32 Å². The second-order valence-electron chi connectivity index (χ2n) is 5.72. The topological polar surface area (TPSA) is 41.1 Å². The van der Waals surface area contributed by atoms with Gasteiger partial charge in [-0.15, -0.1) is 11.8 Å². The fourth-order valence-electron chi connectivity index (χ4n) is 3.07. The molecule has 1 atom stereocenters. The third-order valence-corrected chi connectivity index (χ3v) is 5.23. The number of carbonyl (C=O) groups excluding carboxylic acids is 1. The van der Waals surface area contributed by atoms with Gasteiger partial charge in [0.25, 0.3) is 0 Å². The molecular formula is C16H22N2OS. The SMILES string of the molecule is O=C(Nc1ccc(C2CCCCC2)cc1)C1CSCN1. The third-order valence-electron chi connectivity index (χ3n) is 4.29. The number of hydrogen-bond acceptors (Lipinski definition) is 3. The van der Waals surface area contributed by atoms with Crippen molar-refractivity contribution in [2.75, 3.05) is 16.9 Å². The third kappa shape index (κ3) is 3.36. The predicted octanol–water partition coefficient (Wildman–Crippen LogP) is 3.34. The highest BCUT2D eigenvalue weighted by Crippen LogP contribution is 2.32. The summed E-state index contributed by atoms with van der Waals surface area (Å²) in [6.07, 6.45) is 6.73. The highest BCUT2D eigenvalue weighted by molar-refractivity contribution is 7.99. The number of benzene rings is 1. The first kappa shape index (κ1) is 14.0. The zero-order valence-corrected chi connectivity index (χ0v) is 12.5. The Morgan fingerprint density at radius 1 is 1.15 bits per heavy atom. The van der Waals surface area contributed by atoms with Gasteiger partial charge in [-0.05, 0) is 36.5 Å². The van der Waals surface area contributed by atoms with Gasteiger partial charge >= 0.3 is 0 Å². The van der Waals surface area contributed by atoms with E-state index in [1.807, 2.05) is 12.1 Å². The first-order chi connectivity index (χ1) is 9.83. The molecule has 1 aliphatic heterocycles. The van der Waals surface area contributed by atoms with E-state index in [2.05, 4.69) is 22.8 Å². The lowest BCUT2D eigenvalue weighted by molar-refractivity contribution is -0.117. The summed E-state index contributed by atoms with van der Waals surface area (Å²) < 4.78 is 0. The molecule has 20 heavy (non-hydrogen) atoms. The van der Waals surface area contributed by atoms with Gasteiger partial charge in [0, 0.05) is 17.3 Å². The monoisotopic (exact) mass is 290 g/mol. The minimum atomic E-state index is -0.0435. The molecular weight excluding hydrogens is 268 g/mol. The number of rotatable bonds is 3. The number of carbonyl (C=O) groups is 1. The Morgan fingerprint density at radius 3 is 2.55 bits per heavy atom. The van der Waals surface area contributed by atoms with Gasteiger partial charge in [-0.2, -0.15) is 0 Å². The molecule has 3 rings (SSSR count). The minimum absolute atomic E-state index is 0.0435. The van der Waals surface area contributed by atoms with Crippen molar-refractivity contribution in [1.29, 1.82) is 0 Å². The standard InChI is InChI=1S/C16H22N2OS/c19-16(15-10-20-11-17-15)18-14-8-6-13(7-9-14)12-4-2-1-3-5-12/h6-9,12,15,17H,1-5,10-11H2,(H,18,19). The van der Waals surface area contributed by atoms with Gasteiger partial charge in [-0.1, -0.05) is 31.4 Å². The van der Waals surface area contributed by atoms with E-state index in [0.29, 0.717) is 0 Å². The molecule has 1 saturated heterocycles. The smallest absolute Gasteiger partial charge is 0.242 e. The first-order valence-corrected chi connectivity index (χ1v) is 8.70. The second-order valence-corrected chi connectivity index (χ2v) is 6.75. The molecule has 1 saturated carbocycles. The summed E-state index contributed by atoms with van der Waals surface area (Å²) in [5.74, 6) is 2.55. The second kappa shape index (κ2) is 6.64. The molecule has 108 valence electrons. The van der Waals surface area contributed by atoms with Crippen molar-refractivity contribution in [2.45, 2.75) is 44.1 Å². The highest BCUT2D eigenvalue weighted by atomic mass is 32.2. The molecule has 0 aromatic heterocycles. The van der Waals surface area contributed by atoms with E-state index in [1.165, 1.54) is 37.7 Å². The number of anilines is 1. The van der Waals surface area contributed by atoms with Crippen molar-refractivity contribution >= 4 is 23.4 Å². The molecule has 2 fully saturated rings. The Balaban J connectivity index is 1.59. The van der Waals surface area contributed by atoms with E-state index in [1.54, 1.807) is 11.8 Å². The van der Waals surface area contributed by atoms with Gasteiger partial charge in [0.15, 0.2) is 0 Å². The van der Waals surface area contributed by atoms with Gasteiger partial charge in [0.1, 0.15) is 0 Å². The Bertz CT molecular complexity index is 448. The summed E-state index contributed by atoms with van der Waals surface area (Å²) in [6.45, 7) is 0. The summed E-state index contributed by atoms with van der Waals surface area (Å²) in [4.78, 5) is 12.0. The van der Waals surface area contributed by atoms with E-state index in [9.17, 15) is 4.79 Å². The normalized spacial score (nSPS) is 23.7. The van der Waals surface area contributed by atoms with Crippen LogP contribution in [-0.2, 0) is 4.79 Å². The van der Waals surface area contributed by atoms with Gasteiger partial charge in [0.2, 0.25) is 5.91 Å². The van der Waals surface area contributed by atoms with Crippen molar-refractivity contribution in [3.05, 3.63) is 29.8 Å². The average molecular weight is 290 g/mol. The predicted molar refractivity (Wildman–Crippen MR) is 85.1 cm³/mol. The van der Waals surface area contributed by atoms with Gasteiger partial charge in [-0.3, -0.25) is 10.1 Å². The van der Waals surface area contributed by atoms with Crippen LogP contribution in [0.2, 0.25) is 0 Å². The van der Waals surface area contributed by atoms with Crippen LogP contribution >= 0.6 is 11.8 Å². The van der Waals surface area contributed by atoms with Crippen LogP contribution in [-0.4, -0.2) is 23.6 Å². The van der Waals surface area contributed by atoms with Gasteiger partial charge in [0.05, 0.1) is 6.04 Å². The zero-order valence-electron chi connectivity index (χ0n) is 11.7. The number of hydrogen-bond donors (Lipinski definition) is 2. The molecule has 2 N–H and O–H groups in total. The molecule has 1 aromatic rings. The van der Waals surface area contributed by atoms with E-state index in [4.69, 9.17) is 0 Å². The largest absolute Gasteiger partial charge is 0.325 e. The van der Waals surface area contributed by atoms with Crippen molar-refractivity contribution in [2.24, 2.45) is 0 Å². The Morgan fingerprint density at radius 2 is 1.90 bits per heavy atom. The maximum atomic E-state index is 12.0. The van der Waals surface area contributed by atoms with E-state index >= 15 is 0 Å². The van der Waals surface area contributed by atoms with E-state index in [0.717, 1.165) is 23.2 Å². The average Bonchev–Trinajstić information content (AvgIpc) is 3.03.